The van der Waals surface area contributed by atoms with Crippen LogP contribution in [0.1, 0.15) is 5.56 Å². The molecular formula is C21H22N2O6. The number of amides is 1. The molecule has 0 radical (unpaired) electrons. The summed E-state index contributed by atoms with van der Waals surface area (Å²) >= 11 is 0. The average molecular weight is 398 g/mol. The van der Waals surface area contributed by atoms with Crippen LogP contribution in [0.3, 0.4) is 0 Å². The van der Waals surface area contributed by atoms with Crippen LogP contribution in [0, 0.1) is 0 Å². The molecule has 1 fully saturated rings. The van der Waals surface area contributed by atoms with Gasteiger partial charge in [0.15, 0.2) is 29.6 Å². The molecule has 8 nitrogen and oxygen atoms in total. The van der Waals surface area contributed by atoms with E-state index < -0.39 is 0 Å². The first-order valence-electron chi connectivity index (χ1n) is 9.66. The highest BCUT2D eigenvalue weighted by Crippen LogP contribution is 2.35. The zero-order valence-corrected chi connectivity index (χ0v) is 16.0. The number of carbonyl (C=O) groups is 1. The van der Waals surface area contributed by atoms with E-state index in [1.54, 1.807) is 18.2 Å². The zero-order chi connectivity index (χ0) is 19.6. The summed E-state index contributed by atoms with van der Waals surface area (Å²) in [4.78, 5) is 16.7. The molecule has 0 N–H and O–H groups in total. The third-order valence-electron chi connectivity index (χ3n) is 5.27. The van der Waals surface area contributed by atoms with E-state index in [1.165, 1.54) is 5.56 Å². The molecule has 2 aromatic rings. The lowest BCUT2D eigenvalue weighted by Gasteiger charge is -2.34. The third kappa shape index (κ3) is 3.88. The Morgan fingerprint density at radius 1 is 0.828 bits per heavy atom. The van der Waals surface area contributed by atoms with Crippen molar-refractivity contribution in [3.8, 4) is 28.7 Å². The lowest BCUT2D eigenvalue weighted by atomic mass is 10.1. The topological polar surface area (TPSA) is 69.7 Å². The van der Waals surface area contributed by atoms with Gasteiger partial charge in [-0.05, 0) is 29.8 Å². The molecule has 0 aromatic heterocycles. The van der Waals surface area contributed by atoms with Crippen molar-refractivity contribution in [2.24, 2.45) is 0 Å². The second-order valence-corrected chi connectivity index (χ2v) is 7.15. The van der Waals surface area contributed by atoms with Crippen LogP contribution in [0.15, 0.2) is 36.4 Å². The SMILES string of the molecule is O=C(COc1ccc2c(c1)OCO2)N1CCN(Cc2ccc3c(c2)OCO3)CC1. The van der Waals surface area contributed by atoms with Gasteiger partial charge in [0.25, 0.3) is 5.91 Å². The fourth-order valence-corrected chi connectivity index (χ4v) is 3.66. The number of hydrogen-bond donors (Lipinski definition) is 0. The van der Waals surface area contributed by atoms with E-state index in [2.05, 4.69) is 11.0 Å². The van der Waals surface area contributed by atoms with Crippen molar-refractivity contribution in [2.45, 2.75) is 6.54 Å². The number of benzene rings is 2. The van der Waals surface area contributed by atoms with Crippen LogP contribution in [-0.2, 0) is 11.3 Å². The molecule has 29 heavy (non-hydrogen) atoms. The molecule has 0 aliphatic carbocycles. The van der Waals surface area contributed by atoms with E-state index in [9.17, 15) is 4.79 Å². The van der Waals surface area contributed by atoms with Crippen molar-refractivity contribution < 1.29 is 28.5 Å². The summed E-state index contributed by atoms with van der Waals surface area (Å²) in [6.45, 7) is 4.37. The summed E-state index contributed by atoms with van der Waals surface area (Å²) in [5.74, 6) is 3.53. The first-order chi connectivity index (χ1) is 14.2. The molecule has 1 amide bonds. The van der Waals surface area contributed by atoms with E-state index in [4.69, 9.17) is 23.7 Å². The average Bonchev–Trinajstić information content (AvgIpc) is 3.41. The van der Waals surface area contributed by atoms with Crippen molar-refractivity contribution in [3.05, 3.63) is 42.0 Å². The van der Waals surface area contributed by atoms with Crippen LogP contribution in [-0.4, -0.2) is 62.1 Å². The van der Waals surface area contributed by atoms with E-state index in [1.807, 2.05) is 17.0 Å². The predicted octanol–water partition coefficient (Wildman–Crippen LogP) is 1.87. The van der Waals surface area contributed by atoms with Gasteiger partial charge in [-0.2, -0.15) is 0 Å². The highest BCUT2D eigenvalue weighted by molar-refractivity contribution is 5.78. The second kappa shape index (κ2) is 7.71. The van der Waals surface area contributed by atoms with Crippen LogP contribution in [0.5, 0.6) is 28.7 Å². The summed E-state index contributed by atoms with van der Waals surface area (Å²) in [6.07, 6.45) is 0. The molecular weight excluding hydrogens is 376 g/mol. The summed E-state index contributed by atoms with van der Waals surface area (Å²) in [5, 5.41) is 0. The quantitative estimate of drug-likeness (QED) is 0.762. The summed E-state index contributed by atoms with van der Waals surface area (Å²) in [5.41, 5.74) is 1.18. The molecule has 2 aromatic carbocycles. The van der Waals surface area contributed by atoms with Gasteiger partial charge in [-0.15, -0.1) is 0 Å². The highest BCUT2D eigenvalue weighted by atomic mass is 16.7. The van der Waals surface area contributed by atoms with Crippen LogP contribution in [0.2, 0.25) is 0 Å². The number of piperazine rings is 1. The molecule has 1 saturated heterocycles. The minimum atomic E-state index is -0.00889. The van der Waals surface area contributed by atoms with Crippen LogP contribution in [0.25, 0.3) is 0 Å². The van der Waals surface area contributed by atoms with Gasteiger partial charge in [0.2, 0.25) is 13.6 Å². The standard InChI is InChI=1S/C21H22N2O6/c24-21(12-25-16-2-4-18-20(10-16)29-14-27-18)23-7-5-22(6-8-23)11-15-1-3-17-19(9-15)28-13-26-17/h1-4,9-10H,5-8,11-14H2. The van der Waals surface area contributed by atoms with Gasteiger partial charge in [-0.25, -0.2) is 0 Å². The maximum absolute atomic E-state index is 12.5. The molecule has 3 aliphatic heterocycles. The van der Waals surface area contributed by atoms with Crippen LogP contribution in [0.4, 0.5) is 0 Å². The maximum Gasteiger partial charge on any atom is 0.260 e. The molecule has 3 aliphatic rings. The van der Waals surface area contributed by atoms with E-state index in [-0.39, 0.29) is 26.1 Å². The number of ether oxygens (including phenoxy) is 5. The molecule has 5 rings (SSSR count). The normalized spacial score (nSPS) is 17.4. The Hall–Kier alpha value is -3.13. The minimum Gasteiger partial charge on any atom is -0.484 e. The molecule has 0 bridgehead atoms. The van der Waals surface area contributed by atoms with Gasteiger partial charge < -0.3 is 28.6 Å². The van der Waals surface area contributed by atoms with Crippen molar-refractivity contribution >= 4 is 5.91 Å². The highest BCUT2D eigenvalue weighted by Gasteiger charge is 2.23. The summed E-state index contributed by atoms with van der Waals surface area (Å²) in [7, 11) is 0. The van der Waals surface area contributed by atoms with Crippen molar-refractivity contribution in [1.29, 1.82) is 0 Å². The van der Waals surface area contributed by atoms with Gasteiger partial charge in [0.1, 0.15) is 5.75 Å². The van der Waals surface area contributed by atoms with Gasteiger partial charge >= 0.3 is 0 Å². The number of nitrogens with zero attached hydrogens (tertiary/aromatic N) is 2. The number of hydrogen-bond acceptors (Lipinski definition) is 7. The van der Waals surface area contributed by atoms with E-state index >= 15 is 0 Å². The molecule has 0 atom stereocenters. The Kier molecular flexibility index (Phi) is 4.77. The first-order valence-corrected chi connectivity index (χ1v) is 9.66. The zero-order valence-electron chi connectivity index (χ0n) is 16.0. The second-order valence-electron chi connectivity index (χ2n) is 7.15. The van der Waals surface area contributed by atoms with E-state index in [0.717, 1.165) is 31.1 Å². The first kappa shape index (κ1) is 17.9. The van der Waals surface area contributed by atoms with Crippen LogP contribution >= 0.6 is 0 Å². The molecule has 3 heterocycles. The molecule has 8 heteroatoms. The molecule has 0 spiro atoms. The summed E-state index contributed by atoms with van der Waals surface area (Å²) in [6, 6.07) is 11.4. The Balaban J connectivity index is 1.09. The predicted molar refractivity (Wildman–Crippen MR) is 102 cm³/mol. The van der Waals surface area contributed by atoms with Gasteiger partial charge in [0.05, 0.1) is 0 Å². The minimum absolute atomic E-state index is 0.00889. The summed E-state index contributed by atoms with van der Waals surface area (Å²) < 4.78 is 27.1. The fourth-order valence-electron chi connectivity index (χ4n) is 3.66. The van der Waals surface area contributed by atoms with Crippen LogP contribution < -0.4 is 23.7 Å². The monoisotopic (exact) mass is 398 g/mol. The lowest BCUT2D eigenvalue weighted by Crippen LogP contribution is -2.49. The number of fused-ring (bicyclic) bond motifs is 2. The Labute approximate surface area is 168 Å². The van der Waals surface area contributed by atoms with Crippen molar-refractivity contribution in [1.82, 2.24) is 9.80 Å². The van der Waals surface area contributed by atoms with Gasteiger partial charge in [-0.3, -0.25) is 9.69 Å². The number of rotatable bonds is 5. The Morgan fingerprint density at radius 3 is 2.24 bits per heavy atom. The third-order valence-corrected chi connectivity index (χ3v) is 5.27. The van der Waals surface area contributed by atoms with Gasteiger partial charge in [0, 0.05) is 38.8 Å². The maximum atomic E-state index is 12.5. The lowest BCUT2D eigenvalue weighted by molar-refractivity contribution is -0.135. The number of carbonyl (C=O) groups excluding carboxylic acids is 1. The molecule has 152 valence electrons. The molecule has 0 saturated carbocycles. The van der Waals surface area contributed by atoms with Crippen molar-refractivity contribution in [2.75, 3.05) is 46.4 Å². The largest absolute Gasteiger partial charge is 0.484 e. The van der Waals surface area contributed by atoms with Crippen molar-refractivity contribution in [3.63, 3.8) is 0 Å². The Bertz CT molecular complexity index is 910. The smallest absolute Gasteiger partial charge is 0.260 e. The fraction of sp³-hybridized carbons (Fsp3) is 0.381. The Morgan fingerprint density at radius 2 is 1.48 bits per heavy atom. The van der Waals surface area contributed by atoms with E-state index in [0.29, 0.717) is 30.3 Å². The van der Waals surface area contributed by atoms with Gasteiger partial charge in [-0.1, -0.05) is 6.07 Å². The molecule has 0 unspecified atom stereocenters.